The van der Waals surface area contributed by atoms with Crippen LogP contribution in [0.3, 0.4) is 0 Å². The van der Waals surface area contributed by atoms with Crippen LogP contribution in [0.2, 0.25) is 0 Å². The normalized spacial score (nSPS) is 9.57. The largest absolute Gasteiger partial charge is 0.497 e. The zero-order chi connectivity index (χ0) is 16.0. The Balaban J connectivity index is 0.00000106. The number of hydrogen-bond donors (Lipinski definition) is 1. The average Bonchev–Trinajstić information content (AvgIpc) is 2.86. The minimum absolute atomic E-state index is 0.0623. The summed E-state index contributed by atoms with van der Waals surface area (Å²) in [5.41, 5.74) is 3.17. The van der Waals surface area contributed by atoms with Gasteiger partial charge >= 0.3 is 0 Å². The predicted molar refractivity (Wildman–Crippen MR) is 84.3 cm³/mol. The third kappa shape index (κ3) is 3.40. The molecule has 0 spiro atoms. The number of aldehydes is 1. The van der Waals surface area contributed by atoms with Crippen LogP contribution in [-0.2, 0) is 0 Å². The van der Waals surface area contributed by atoms with E-state index in [-0.39, 0.29) is 5.78 Å². The lowest BCUT2D eigenvalue weighted by Crippen LogP contribution is -1.96. The van der Waals surface area contributed by atoms with Gasteiger partial charge in [0.1, 0.15) is 5.75 Å². The molecule has 0 aliphatic carbocycles. The summed E-state index contributed by atoms with van der Waals surface area (Å²) in [7, 11) is 1.59. The van der Waals surface area contributed by atoms with E-state index in [2.05, 4.69) is 4.98 Å². The fourth-order valence-corrected chi connectivity index (χ4v) is 2.24. The Labute approximate surface area is 125 Å². The molecule has 0 fully saturated rings. The number of ether oxygens (including phenoxy) is 1. The molecule has 0 aliphatic heterocycles. The lowest BCUT2D eigenvalue weighted by Gasteiger charge is -2.05. The highest BCUT2D eigenvalue weighted by molar-refractivity contribution is 6.06. The van der Waals surface area contributed by atoms with E-state index < -0.39 is 0 Å². The van der Waals surface area contributed by atoms with E-state index in [9.17, 15) is 9.59 Å². The van der Waals surface area contributed by atoms with Crippen molar-refractivity contribution in [1.82, 2.24) is 4.98 Å². The molecule has 1 N–H and O–H groups in total. The molecule has 4 heteroatoms. The van der Waals surface area contributed by atoms with Crippen LogP contribution < -0.4 is 4.74 Å². The molecule has 0 saturated heterocycles. The number of nitrogens with one attached hydrogen (secondary N) is 1. The highest BCUT2D eigenvalue weighted by Crippen LogP contribution is 2.31. The molecular weight excluding hydrogens is 266 g/mol. The van der Waals surface area contributed by atoms with Gasteiger partial charge in [-0.25, -0.2) is 0 Å². The third-order valence-corrected chi connectivity index (χ3v) is 3.07. The Morgan fingerprint density at radius 1 is 1.19 bits per heavy atom. The SMILES string of the molecule is CC.COc1ccc(-c2c(C=O)[nH]c(C)c2C(C)=O)cc1. The van der Waals surface area contributed by atoms with Crippen molar-refractivity contribution in [2.45, 2.75) is 27.7 Å². The molecule has 0 radical (unpaired) electrons. The molecular formula is C17H21NO3. The summed E-state index contributed by atoms with van der Waals surface area (Å²) in [5.74, 6) is 0.667. The lowest BCUT2D eigenvalue weighted by atomic mass is 9.98. The van der Waals surface area contributed by atoms with Crippen LogP contribution in [-0.4, -0.2) is 24.2 Å². The molecule has 112 valence electrons. The van der Waals surface area contributed by atoms with Gasteiger partial charge in [0.05, 0.1) is 12.8 Å². The number of hydrogen-bond acceptors (Lipinski definition) is 3. The monoisotopic (exact) mass is 287 g/mol. The first-order valence-electron chi connectivity index (χ1n) is 6.91. The number of H-pyrrole nitrogens is 1. The summed E-state index contributed by atoms with van der Waals surface area (Å²) in [6, 6.07) is 7.27. The molecule has 1 heterocycles. The number of rotatable bonds is 4. The molecule has 0 atom stereocenters. The number of carbonyl (C=O) groups is 2. The second kappa shape index (κ2) is 7.43. The van der Waals surface area contributed by atoms with Crippen LogP contribution in [0.1, 0.15) is 47.3 Å². The van der Waals surface area contributed by atoms with Gasteiger partial charge in [0, 0.05) is 16.8 Å². The fraction of sp³-hybridized carbons (Fsp3) is 0.294. The number of ketones is 1. The van der Waals surface area contributed by atoms with Crippen LogP contribution >= 0.6 is 0 Å². The van der Waals surface area contributed by atoms with Crippen LogP contribution in [0.15, 0.2) is 24.3 Å². The van der Waals surface area contributed by atoms with E-state index >= 15 is 0 Å². The van der Waals surface area contributed by atoms with E-state index in [0.29, 0.717) is 22.5 Å². The Hall–Kier alpha value is -2.36. The average molecular weight is 287 g/mol. The first kappa shape index (κ1) is 16.7. The maximum absolute atomic E-state index is 11.8. The highest BCUT2D eigenvalue weighted by Gasteiger charge is 2.19. The molecule has 4 nitrogen and oxygen atoms in total. The van der Waals surface area contributed by atoms with Crippen molar-refractivity contribution in [3.63, 3.8) is 0 Å². The van der Waals surface area contributed by atoms with Crippen molar-refractivity contribution in [2.75, 3.05) is 7.11 Å². The second-order valence-corrected chi connectivity index (χ2v) is 4.32. The molecule has 0 aliphatic rings. The summed E-state index contributed by atoms with van der Waals surface area (Å²) in [6.07, 6.45) is 0.735. The van der Waals surface area contributed by atoms with E-state index in [1.54, 1.807) is 26.2 Å². The van der Waals surface area contributed by atoms with Gasteiger partial charge < -0.3 is 9.72 Å². The number of benzene rings is 1. The molecule has 0 unspecified atom stereocenters. The minimum atomic E-state index is -0.0623. The third-order valence-electron chi connectivity index (χ3n) is 3.07. The Bertz CT molecular complexity index is 624. The van der Waals surface area contributed by atoms with Crippen LogP contribution in [0.4, 0.5) is 0 Å². The number of aryl methyl sites for hydroxylation is 1. The topological polar surface area (TPSA) is 59.2 Å². The summed E-state index contributed by atoms with van der Waals surface area (Å²) in [4.78, 5) is 25.8. The smallest absolute Gasteiger partial charge is 0.166 e. The maximum Gasteiger partial charge on any atom is 0.166 e. The first-order chi connectivity index (χ1) is 10.1. The fourth-order valence-electron chi connectivity index (χ4n) is 2.24. The summed E-state index contributed by atoms with van der Waals surface area (Å²) in [5, 5.41) is 0. The highest BCUT2D eigenvalue weighted by atomic mass is 16.5. The lowest BCUT2D eigenvalue weighted by molar-refractivity contribution is 0.101. The van der Waals surface area contributed by atoms with Gasteiger partial charge in [-0.15, -0.1) is 0 Å². The van der Waals surface area contributed by atoms with Crippen molar-refractivity contribution in [3.05, 3.63) is 41.2 Å². The molecule has 0 saturated carbocycles. The van der Waals surface area contributed by atoms with E-state index in [0.717, 1.165) is 17.6 Å². The van der Waals surface area contributed by atoms with Gasteiger partial charge in [-0.05, 0) is 31.5 Å². The number of aromatic nitrogens is 1. The second-order valence-electron chi connectivity index (χ2n) is 4.32. The Morgan fingerprint density at radius 2 is 1.76 bits per heavy atom. The number of methoxy groups -OCH3 is 1. The zero-order valence-corrected chi connectivity index (χ0v) is 13.1. The molecule has 0 bridgehead atoms. The Kier molecular flexibility index (Phi) is 5.91. The standard InChI is InChI=1S/C15H15NO3.C2H6/c1-9-14(10(2)18)15(13(8-17)16-9)11-4-6-12(19-3)7-5-11;1-2/h4-8,16H,1-3H3;1-2H3. The van der Waals surface area contributed by atoms with E-state index in [1.807, 2.05) is 26.0 Å². The van der Waals surface area contributed by atoms with E-state index in [1.165, 1.54) is 6.92 Å². The van der Waals surface area contributed by atoms with E-state index in [4.69, 9.17) is 4.74 Å². The number of carbonyl (C=O) groups excluding carboxylic acids is 2. The zero-order valence-electron chi connectivity index (χ0n) is 13.1. The van der Waals surface area contributed by atoms with Crippen molar-refractivity contribution in [1.29, 1.82) is 0 Å². The predicted octanol–water partition coefficient (Wildman–Crippen LogP) is 4.04. The quantitative estimate of drug-likeness (QED) is 0.682. The van der Waals surface area contributed by atoms with Crippen molar-refractivity contribution >= 4 is 12.1 Å². The van der Waals surface area contributed by atoms with Gasteiger partial charge in [0.25, 0.3) is 0 Å². The van der Waals surface area contributed by atoms with Gasteiger partial charge in [0.15, 0.2) is 12.1 Å². The van der Waals surface area contributed by atoms with Crippen LogP contribution in [0.5, 0.6) is 5.75 Å². The van der Waals surface area contributed by atoms with Crippen molar-refractivity contribution in [3.8, 4) is 16.9 Å². The first-order valence-corrected chi connectivity index (χ1v) is 6.91. The number of Topliss-reactive ketones (excluding diaryl/α,β-unsaturated/α-hetero) is 1. The Morgan fingerprint density at radius 3 is 2.19 bits per heavy atom. The van der Waals surface area contributed by atoms with Crippen molar-refractivity contribution < 1.29 is 14.3 Å². The van der Waals surface area contributed by atoms with Crippen molar-refractivity contribution in [2.24, 2.45) is 0 Å². The molecule has 1 aromatic carbocycles. The summed E-state index contributed by atoms with van der Waals surface area (Å²) in [6.45, 7) is 7.29. The molecule has 2 rings (SSSR count). The van der Waals surface area contributed by atoms with Crippen LogP contribution in [0.25, 0.3) is 11.1 Å². The molecule has 21 heavy (non-hydrogen) atoms. The number of aromatic amines is 1. The van der Waals surface area contributed by atoms with Gasteiger partial charge in [-0.3, -0.25) is 9.59 Å². The molecule has 2 aromatic rings. The van der Waals surface area contributed by atoms with Gasteiger partial charge in [-0.1, -0.05) is 26.0 Å². The minimum Gasteiger partial charge on any atom is -0.497 e. The van der Waals surface area contributed by atoms with Gasteiger partial charge in [0.2, 0.25) is 0 Å². The summed E-state index contributed by atoms with van der Waals surface area (Å²) >= 11 is 0. The molecule has 0 amide bonds. The van der Waals surface area contributed by atoms with Crippen LogP contribution in [0, 0.1) is 6.92 Å². The summed E-state index contributed by atoms with van der Waals surface area (Å²) < 4.78 is 5.10. The molecule has 1 aromatic heterocycles. The van der Waals surface area contributed by atoms with Gasteiger partial charge in [-0.2, -0.15) is 0 Å². The maximum atomic E-state index is 11.8.